The molecule has 2 aromatic heterocycles. The number of carbonyl (C=O) groups is 2. The van der Waals surface area contributed by atoms with Crippen LogP contribution in [0.5, 0.6) is 0 Å². The first-order valence-electron chi connectivity index (χ1n) is 6.79. The first-order chi connectivity index (χ1) is 10.5. The van der Waals surface area contributed by atoms with Crippen molar-refractivity contribution in [2.45, 2.75) is 6.92 Å². The molecule has 0 atom stereocenters. The molecule has 0 aliphatic rings. The molecule has 0 bridgehead atoms. The topological polar surface area (TPSA) is 90.6 Å². The van der Waals surface area contributed by atoms with E-state index < -0.39 is 0 Å². The Labute approximate surface area is 127 Å². The summed E-state index contributed by atoms with van der Waals surface area (Å²) >= 11 is 0. The summed E-state index contributed by atoms with van der Waals surface area (Å²) in [5.74, 6) is -0.196. The van der Waals surface area contributed by atoms with Gasteiger partial charge in [0.2, 0.25) is 5.78 Å². The minimum atomic E-state index is -0.196. The zero-order valence-electron chi connectivity index (χ0n) is 12.0. The Bertz CT molecular complexity index is 910. The number of carbonyl (C=O) groups excluding carboxylic acids is 2. The van der Waals surface area contributed by atoms with Crippen LogP contribution in [0.3, 0.4) is 0 Å². The van der Waals surface area contributed by atoms with Crippen molar-refractivity contribution < 1.29 is 9.59 Å². The Kier molecular flexibility index (Phi) is 3.18. The third-order valence-corrected chi connectivity index (χ3v) is 3.83. The zero-order chi connectivity index (χ0) is 15.9. The van der Waals surface area contributed by atoms with Gasteiger partial charge in [0.1, 0.15) is 0 Å². The summed E-state index contributed by atoms with van der Waals surface area (Å²) in [5, 5.41) is 0. The quantitative estimate of drug-likeness (QED) is 0.441. The Morgan fingerprint density at radius 3 is 2.68 bits per heavy atom. The first-order valence-corrected chi connectivity index (χ1v) is 6.79. The van der Waals surface area contributed by atoms with Crippen LogP contribution in [0, 0.1) is 6.92 Å². The molecule has 2 heterocycles. The second kappa shape index (κ2) is 5.04. The SMILES string of the molecule is Cc1c(N)c2ccccn2c1C(=O)c1ccc(N)c(C=O)c1. The van der Waals surface area contributed by atoms with Crippen molar-refractivity contribution in [3.63, 3.8) is 0 Å². The molecule has 5 heteroatoms. The second-order valence-electron chi connectivity index (χ2n) is 5.13. The highest BCUT2D eigenvalue weighted by Crippen LogP contribution is 2.27. The molecule has 22 heavy (non-hydrogen) atoms. The minimum absolute atomic E-state index is 0.196. The Morgan fingerprint density at radius 2 is 1.95 bits per heavy atom. The van der Waals surface area contributed by atoms with Crippen LogP contribution in [0.15, 0.2) is 42.6 Å². The lowest BCUT2D eigenvalue weighted by atomic mass is 10.0. The molecule has 0 radical (unpaired) electrons. The number of aromatic nitrogens is 1. The molecule has 0 amide bonds. The van der Waals surface area contributed by atoms with Gasteiger partial charge < -0.3 is 15.9 Å². The Morgan fingerprint density at radius 1 is 1.18 bits per heavy atom. The van der Waals surface area contributed by atoms with E-state index in [1.807, 2.05) is 25.1 Å². The van der Waals surface area contributed by atoms with E-state index in [4.69, 9.17) is 11.5 Å². The van der Waals surface area contributed by atoms with E-state index in [9.17, 15) is 9.59 Å². The maximum atomic E-state index is 12.8. The highest BCUT2D eigenvalue weighted by atomic mass is 16.1. The van der Waals surface area contributed by atoms with Gasteiger partial charge in [0.05, 0.1) is 16.9 Å². The number of aldehydes is 1. The van der Waals surface area contributed by atoms with Gasteiger partial charge in [-0.1, -0.05) is 6.07 Å². The molecule has 3 rings (SSSR count). The molecule has 0 saturated heterocycles. The van der Waals surface area contributed by atoms with Gasteiger partial charge >= 0.3 is 0 Å². The number of nitrogens with zero attached hydrogens (tertiary/aromatic N) is 1. The van der Waals surface area contributed by atoms with Crippen LogP contribution in [0.2, 0.25) is 0 Å². The highest BCUT2D eigenvalue weighted by molar-refractivity contribution is 6.12. The molecule has 1 aromatic carbocycles. The maximum absolute atomic E-state index is 12.8. The van der Waals surface area contributed by atoms with Crippen molar-refractivity contribution >= 4 is 29.0 Å². The van der Waals surface area contributed by atoms with E-state index in [-0.39, 0.29) is 5.78 Å². The van der Waals surface area contributed by atoms with Crippen molar-refractivity contribution in [1.82, 2.24) is 4.40 Å². The molecule has 110 valence electrons. The lowest BCUT2D eigenvalue weighted by Gasteiger charge is -2.06. The Hall–Kier alpha value is -3.08. The molecule has 5 nitrogen and oxygen atoms in total. The van der Waals surface area contributed by atoms with Crippen molar-refractivity contribution in [1.29, 1.82) is 0 Å². The number of fused-ring (bicyclic) bond motifs is 1. The average molecular weight is 293 g/mol. The number of ketones is 1. The molecule has 0 unspecified atom stereocenters. The van der Waals surface area contributed by atoms with E-state index in [2.05, 4.69) is 0 Å². The minimum Gasteiger partial charge on any atom is -0.398 e. The fourth-order valence-electron chi connectivity index (χ4n) is 2.59. The molecule has 0 aliphatic carbocycles. The molecule has 4 N–H and O–H groups in total. The van der Waals surface area contributed by atoms with Gasteiger partial charge in [-0.3, -0.25) is 9.59 Å². The van der Waals surface area contributed by atoms with E-state index in [1.54, 1.807) is 22.7 Å². The van der Waals surface area contributed by atoms with Gasteiger partial charge in [0, 0.05) is 28.6 Å². The fourth-order valence-corrected chi connectivity index (χ4v) is 2.59. The van der Waals surface area contributed by atoms with E-state index in [0.717, 1.165) is 11.1 Å². The summed E-state index contributed by atoms with van der Waals surface area (Å²) in [4.78, 5) is 23.8. The number of rotatable bonds is 3. The van der Waals surface area contributed by atoms with Crippen LogP contribution < -0.4 is 11.5 Å². The summed E-state index contributed by atoms with van der Waals surface area (Å²) in [5.41, 5.74) is 15.4. The number of anilines is 2. The summed E-state index contributed by atoms with van der Waals surface area (Å²) in [6.45, 7) is 1.81. The van der Waals surface area contributed by atoms with E-state index >= 15 is 0 Å². The number of hydrogen-bond donors (Lipinski definition) is 2. The first kappa shape index (κ1) is 13.9. The molecule has 0 spiro atoms. The molecular weight excluding hydrogens is 278 g/mol. The zero-order valence-corrected chi connectivity index (χ0v) is 12.0. The van der Waals surface area contributed by atoms with Gasteiger partial charge in [-0.25, -0.2) is 0 Å². The molecule has 0 aliphatic heterocycles. The number of hydrogen-bond acceptors (Lipinski definition) is 4. The molecule has 3 aromatic rings. The van der Waals surface area contributed by atoms with Crippen LogP contribution >= 0.6 is 0 Å². The van der Waals surface area contributed by atoms with Gasteiger partial charge in [0.15, 0.2) is 6.29 Å². The van der Waals surface area contributed by atoms with Gasteiger partial charge in [-0.05, 0) is 37.3 Å². The van der Waals surface area contributed by atoms with Gasteiger partial charge in [-0.15, -0.1) is 0 Å². The molecular formula is C17H15N3O2. The van der Waals surface area contributed by atoms with Crippen LogP contribution in [-0.4, -0.2) is 16.5 Å². The number of benzene rings is 1. The lowest BCUT2D eigenvalue weighted by Crippen LogP contribution is -2.08. The van der Waals surface area contributed by atoms with Gasteiger partial charge in [0.25, 0.3) is 0 Å². The van der Waals surface area contributed by atoms with Crippen LogP contribution in [0.1, 0.15) is 32.0 Å². The molecule has 0 saturated carbocycles. The highest BCUT2D eigenvalue weighted by Gasteiger charge is 2.20. The third kappa shape index (κ3) is 1.95. The summed E-state index contributed by atoms with van der Waals surface area (Å²) in [6.07, 6.45) is 2.44. The van der Waals surface area contributed by atoms with Crippen molar-refractivity contribution in [3.8, 4) is 0 Å². The number of pyridine rings is 1. The predicted octanol–water partition coefficient (Wildman–Crippen LogP) is 2.46. The van der Waals surface area contributed by atoms with Crippen molar-refractivity contribution in [2.75, 3.05) is 11.5 Å². The lowest BCUT2D eigenvalue weighted by molar-refractivity contribution is 0.103. The summed E-state index contributed by atoms with van der Waals surface area (Å²) < 4.78 is 1.77. The third-order valence-electron chi connectivity index (χ3n) is 3.83. The Balaban J connectivity index is 2.22. The smallest absolute Gasteiger partial charge is 0.210 e. The second-order valence-corrected chi connectivity index (χ2v) is 5.13. The van der Waals surface area contributed by atoms with Crippen LogP contribution in [0.4, 0.5) is 11.4 Å². The fraction of sp³-hybridized carbons (Fsp3) is 0.0588. The largest absolute Gasteiger partial charge is 0.398 e. The summed E-state index contributed by atoms with van der Waals surface area (Å²) in [6, 6.07) is 10.2. The van der Waals surface area contributed by atoms with Gasteiger partial charge in [-0.2, -0.15) is 0 Å². The average Bonchev–Trinajstić information content (AvgIpc) is 2.79. The van der Waals surface area contributed by atoms with Crippen LogP contribution in [0.25, 0.3) is 5.52 Å². The standard InChI is InChI=1S/C17H15N3O2/c1-10-15(19)14-4-2-3-7-20(14)16(10)17(22)11-5-6-13(18)12(8-11)9-21/h2-9H,18-19H2,1H3. The van der Waals surface area contributed by atoms with E-state index in [0.29, 0.717) is 34.5 Å². The van der Waals surface area contributed by atoms with Crippen molar-refractivity contribution in [2.24, 2.45) is 0 Å². The van der Waals surface area contributed by atoms with Crippen molar-refractivity contribution in [3.05, 3.63) is 65.0 Å². The maximum Gasteiger partial charge on any atom is 0.210 e. The number of nitrogens with two attached hydrogens (primary N) is 2. The van der Waals surface area contributed by atoms with Crippen LogP contribution in [-0.2, 0) is 0 Å². The summed E-state index contributed by atoms with van der Waals surface area (Å²) in [7, 11) is 0. The number of nitrogen functional groups attached to an aromatic ring is 2. The molecule has 0 fully saturated rings. The van der Waals surface area contributed by atoms with E-state index in [1.165, 1.54) is 6.07 Å². The monoisotopic (exact) mass is 293 g/mol. The normalized spacial score (nSPS) is 10.8. The predicted molar refractivity (Wildman–Crippen MR) is 86.2 cm³/mol.